The molecule has 0 N–H and O–H groups in total. The van der Waals surface area contributed by atoms with Gasteiger partial charge in [0, 0.05) is 36.6 Å². The molecule has 0 radical (unpaired) electrons. The van der Waals surface area contributed by atoms with Crippen molar-refractivity contribution in [1.82, 2.24) is 4.57 Å². The first-order chi connectivity index (χ1) is 16.8. The highest BCUT2D eigenvalue weighted by Gasteiger charge is 2.15. The number of hydrogen-bond acceptors (Lipinski definition) is 1. The van der Waals surface area contributed by atoms with E-state index in [9.17, 15) is 0 Å². The molecule has 0 saturated carbocycles. The molecule has 0 spiro atoms. The number of para-hydroxylation sites is 2. The number of rotatable bonds is 2. The lowest BCUT2D eigenvalue weighted by Gasteiger charge is -2.12. The van der Waals surface area contributed by atoms with E-state index in [2.05, 4.69) is 106 Å². The molecule has 0 atom stereocenters. The maximum atomic E-state index is 7.82. The van der Waals surface area contributed by atoms with Crippen LogP contribution in [0.3, 0.4) is 0 Å². The van der Waals surface area contributed by atoms with E-state index in [-0.39, 0.29) is 0 Å². The van der Waals surface area contributed by atoms with Crippen LogP contribution in [-0.4, -0.2) is 4.57 Å². The SMILES string of the molecule is [C-]#[N+]c1cc(-c2cccc3c2sc2ccccc23)cc(-n2c3ccccc3c3ccccc32)c1. The second-order valence-corrected chi connectivity index (χ2v) is 9.55. The number of thiophene rings is 1. The van der Waals surface area contributed by atoms with Gasteiger partial charge in [0.25, 0.3) is 0 Å². The minimum atomic E-state index is 0.646. The maximum absolute atomic E-state index is 7.82. The van der Waals surface area contributed by atoms with Gasteiger partial charge in [-0.15, -0.1) is 11.3 Å². The molecule has 5 aromatic carbocycles. The van der Waals surface area contributed by atoms with Crippen molar-refractivity contribution in [3.05, 3.63) is 121 Å². The molecular formula is C31H18N2S. The average Bonchev–Trinajstić information content (AvgIpc) is 3.44. The number of benzene rings is 5. The van der Waals surface area contributed by atoms with Crippen LogP contribution in [0.2, 0.25) is 0 Å². The fourth-order valence-corrected chi connectivity index (χ4v) is 6.36. The molecule has 0 bridgehead atoms. The first kappa shape index (κ1) is 19.1. The van der Waals surface area contributed by atoms with Gasteiger partial charge in [0.15, 0.2) is 5.69 Å². The van der Waals surface area contributed by atoms with Gasteiger partial charge >= 0.3 is 0 Å². The van der Waals surface area contributed by atoms with Crippen LogP contribution in [0.1, 0.15) is 0 Å². The van der Waals surface area contributed by atoms with Crippen LogP contribution in [0, 0.1) is 6.57 Å². The van der Waals surface area contributed by atoms with Crippen molar-refractivity contribution in [2.75, 3.05) is 0 Å². The van der Waals surface area contributed by atoms with Gasteiger partial charge in [0.1, 0.15) is 0 Å². The topological polar surface area (TPSA) is 9.29 Å². The van der Waals surface area contributed by atoms with Gasteiger partial charge in [-0.2, -0.15) is 0 Å². The van der Waals surface area contributed by atoms with Crippen molar-refractivity contribution in [2.24, 2.45) is 0 Å². The lowest BCUT2D eigenvalue weighted by Crippen LogP contribution is -1.94. The Bertz CT molecular complexity index is 1880. The Morgan fingerprint density at radius 2 is 1.26 bits per heavy atom. The molecule has 3 heteroatoms. The molecule has 0 amide bonds. The smallest absolute Gasteiger partial charge is 0.189 e. The Labute approximate surface area is 200 Å². The van der Waals surface area contributed by atoms with Gasteiger partial charge in [0.05, 0.1) is 17.6 Å². The zero-order valence-corrected chi connectivity index (χ0v) is 19.0. The molecule has 0 fully saturated rings. The third kappa shape index (κ3) is 2.73. The Kier molecular flexibility index (Phi) is 4.11. The summed E-state index contributed by atoms with van der Waals surface area (Å²) in [5.41, 5.74) is 6.20. The molecule has 2 nitrogen and oxygen atoms in total. The van der Waals surface area contributed by atoms with Crippen LogP contribution in [-0.2, 0) is 0 Å². The molecule has 2 aromatic heterocycles. The number of nitrogens with zero attached hydrogens (tertiary/aromatic N) is 2. The van der Waals surface area contributed by atoms with Gasteiger partial charge in [-0.3, -0.25) is 0 Å². The van der Waals surface area contributed by atoms with Gasteiger partial charge in [-0.05, 0) is 47.5 Å². The first-order valence-corrected chi connectivity index (χ1v) is 12.1. The van der Waals surface area contributed by atoms with Gasteiger partial charge < -0.3 is 4.57 Å². The minimum Gasteiger partial charge on any atom is -0.310 e. The van der Waals surface area contributed by atoms with Crippen LogP contribution in [0.15, 0.2) is 109 Å². The second-order valence-electron chi connectivity index (χ2n) is 8.50. The van der Waals surface area contributed by atoms with Crippen LogP contribution in [0.25, 0.3) is 63.6 Å². The van der Waals surface area contributed by atoms with Crippen molar-refractivity contribution < 1.29 is 0 Å². The summed E-state index contributed by atoms with van der Waals surface area (Å²) in [6.45, 7) is 7.82. The Morgan fingerprint density at radius 1 is 0.618 bits per heavy atom. The molecular weight excluding hydrogens is 432 g/mol. The van der Waals surface area contributed by atoms with E-state index in [1.54, 1.807) is 0 Å². The maximum Gasteiger partial charge on any atom is 0.189 e. The molecule has 7 aromatic rings. The Hall–Kier alpha value is -4.39. The van der Waals surface area contributed by atoms with Gasteiger partial charge in [0.2, 0.25) is 0 Å². The first-order valence-electron chi connectivity index (χ1n) is 11.2. The van der Waals surface area contributed by atoms with Crippen molar-refractivity contribution in [3.8, 4) is 16.8 Å². The Balaban J connectivity index is 1.55. The van der Waals surface area contributed by atoms with E-state index in [0.717, 1.165) is 22.3 Å². The molecule has 7 rings (SSSR count). The van der Waals surface area contributed by atoms with E-state index in [1.807, 2.05) is 23.5 Å². The standard InChI is InChI=1S/C31H18N2S/c1-32-21-17-20(23-12-8-13-27-26-11-4-7-16-30(26)34-31(23)27)18-22(19-21)33-28-14-5-2-9-24(28)25-10-3-6-15-29(25)33/h2-19H. The fraction of sp³-hybridized carbons (Fsp3) is 0. The zero-order valence-electron chi connectivity index (χ0n) is 18.2. The Morgan fingerprint density at radius 3 is 2.00 bits per heavy atom. The molecule has 158 valence electrons. The highest BCUT2D eigenvalue weighted by Crippen LogP contribution is 2.42. The third-order valence-corrected chi connectivity index (χ3v) is 7.81. The van der Waals surface area contributed by atoms with Crippen LogP contribution >= 0.6 is 11.3 Å². The third-order valence-electron chi connectivity index (χ3n) is 6.59. The molecule has 34 heavy (non-hydrogen) atoms. The molecule has 0 aliphatic rings. The monoisotopic (exact) mass is 450 g/mol. The van der Waals surface area contributed by atoms with Crippen LogP contribution < -0.4 is 0 Å². The lowest BCUT2D eigenvalue weighted by molar-refractivity contribution is 1.18. The summed E-state index contributed by atoms with van der Waals surface area (Å²) in [4.78, 5) is 3.85. The summed E-state index contributed by atoms with van der Waals surface area (Å²) < 4.78 is 4.83. The summed E-state index contributed by atoms with van der Waals surface area (Å²) in [6.07, 6.45) is 0. The van der Waals surface area contributed by atoms with Crippen LogP contribution in [0.5, 0.6) is 0 Å². The van der Waals surface area contributed by atoms with Crippen molar-refractivity contribution in [3.63, 3.8) is 0 Å². The van der Waals surface area contributed by atoms with Crippen LogP contribution in [0.4, 0.5) is 5.69 Å². The molecule has 0 aliphatic heterocycles. The molecule has 0 saturated heterocycles. The van der Waals surface area contributed by atoms with E-state index >= 15 is 0 Å². The number of hydrogen-bond donors (Lipinski definition) is 0. The summed E-state index contributed by atoms with van der Waals surface area (Å²) in [7, 11) is 0. The zero-order chi connectivity index (χ0) is 22.6. The summed E-state index contributed by atoms with van der Waals surface area (Å²) in [6, 6.07) is 38.3. The predicted molar refractivity (Wildman–Crippen MR) is 145 cm³/mol. The van der Waals surface area contributed by atoms with Crippen molar-refractivity contribution in [2.45, 2.75) is 0 Å². The van der Waals surface area contributed by atoms with Gasteiger partial charge in [-0.1, -0.05) is 72.8 Å². The normalized spacial score (nSPS) is 11.5. The highest BCUT2D eigenvalue weighted by atomic mass is 32.1. The van der Waals surface area contributed by atoms with E-state index in [4.69, 9.17) is 6.57 Å². The minimum absolute atomic E-state index is 0.646. The lowest BCUT2D eigenvalue weighted by atomic mass is 10.0. The molecule has 0 unspecified atom stereocenters. The molecule has 2 heterocycles. The average molecular weight is 451 g/mol. The molecule has 0 aliphatic carbocycles. The van der Waals surface area contributed by atoms with Crippen molar-refractivity contribution in [1.29, 1.82) is 0 Å². The quantitative estimate of drug-likeness (QED) is 0.232. The number of fused-ring (bicyclic) bond motifs is 6. The largest absolute Gasteiger partial charge is 0.310 e. The van der Waals surface area contributed by atoms with E-state index < -0.39 is 0 Å². The summed E-state index contributed by atoms with van der Waals surface area (Å²) in [5, 5.41) is 5.00. The van der Waals surface area contributed by atoms with Crippen molar-refractivity contribution >= 4 is 59.0 Å². The fourth-order valence-electron chi connectivity index (χ4n) is 5.12. The number of aromatic nitrogens is 1. The van der Waals surface area contributed by atoms with E-state index in [1.165, 1.54) is 36.5 Å². The summed E-state index contributed by atoms with van der Waals surface area (Å²) in [5.74, 6) is 0. The van der Waals surface area contributed by atoms with Gasteiger partial charge in [-0.25, -0.2) is 4.85 Å². The highest BCUT2D eigenvalue weighted by molar-refractivity contribution is 7.26. The van der Waals surface area contributed by atoms with E-state index in [0.29, 0.717) is 5.69 Å². The second kappa shape index (κ2) is 7.31. The predicted octanol–water partition coefficient (Wildman–Crippen LogP) is 9.37. The summed E-state index contributed by atoms with van der Waals surface area (Å²) >= 11 is 1.82.